The minimum Gasteiger partial charge on any atom is -0.390 e. The normalized spacial score (nSPS) is 15.9. The molecule has 1 aromatic heterocycles. The Morgan fingerprint density at radius 3 is 2.47 bits per heavy atom. The van der Waals surface area contributed by atoms with Crippen LogP contribution in [-0.2, 0) is 13.5 Å². The molecule has 0 saturated carbocycles. The summed E-state index contributed by atoms with van der Waals surface area (Å²) in [7, 11) is 1.89. The van der Waals surface area contributed by atoms with Crippen molar-refractivity contribution < 1.29 is 5.11 Å². The fourth-order valence-electron chi connectivity index (χ4n) is 1.80. The van der Waals surface area contributed by atoms with Crippen molar-refractivity contribution >= 4 is 0 Å². The van der Waals surface area contributed by atoms with Crippen molar-refractivity contribution in [1.29, 1.82) is 0 Å². The number of nitrogens with zero attached hydrogens (tertiary/aromatic N) is 2. The molecule has 0 fully saturated rings. The summed E-state index contributed by atoms with van der Waals surface area (Å²) < 4.78 is 1.76. The second-order valence-corrected chi connectivity index (χ2v) is 6.12. The third-order valence-corrected chi connectivity index (χ3v) is 2.66. The van der Waals surface area contributed by atoms with E-state index in [4.69, 9.17) is 0 Å². The topological polar surface area (TPSA) is 50.1 Å². The van der Waals surface area contributed by atoms with Gasteiger partial charge in [0.2, 0.25) is 0 Å². The van der Waals surface area contributed by atoms with Gasteiger partial charge in [0, 0.05) is 25.2 Å². The molecular formula is C13H25N3O. The molecule has 98 valence electrons. The summed E-state index contributed by atoms with van der Waals surface area (Å²) in [6.45, 7) is 9.08. The molecular weight excluding hydrogens is 214 g/mol. The second kappa shape index (κ2) is 5.19. The monoisotopic (exact) mass is 239 g/mol. The van der Waals surface area contributed by atoms with Gasteiger partial charge >= 0.3 is 0 Å². The van der Waals surface area contributed by atoms with Crippen LogP contribution in [0, 0.1) is 0 Å². The van der Waals surface area contributed by atoms with Crippen molar-refractivity contribution in [2.24, 2.45) is 7.05 Å². The highest BCUT2D eigenvalue weighted by Gasteiger charge is 2.22. The van der Waals surface area contributed by atoms with Crippen LogP contribution in [0.4, 0.5) is 0 Å². The van der Waals surface area contributed by atoms with Gasteiger partial charge < -0.3 is 10.4 Å². The molecule has 0 amide bonds. The standard InChI is InChI=1S/C13H25N3O/c1-12(2,3)14-7-6-13(4,17)8-11-9-15-16(5)10-11/h9-10,14,17H,6-8H2,1-5H3. The maximum Gasteiger partial charge on any atom is 0.0673 e. The zero-order valence-corrected chi connectivity index (χ0v) is 11.6. The fraction of sp³-hybridized carbons (Fsp3) is 0.769. The van der Waals surface area contributed by atoms with E-state index in [0.717, 1.165) is 18.5 Å². The lowest BCUT2D eigenvalue weighted by Gasteiger charge is -2.26. The number of rotatable bonds is 5. The van der Waals surface area contributed by atoms with E-state index in [2.05, 4.69) is 31.2 Å². The molecule has 0 saturated heterocycles. The van der Waals surface area contributed by atoms with Crippen molar-refractivity contribution in [1.82, 2.24) is 15.1 Å². The maximum atomic E-state index is 10.3. The summed E-state index contributed by atoms with van der Waals surface area (Å²) in [5, 5.41) is 17.8. The summed E-state index contributed by atoms with van der Waals surface area (Å²) in [5.41, 5.74) is 0.499. The van der Waals surface area contributed by atoms with Crippen LogP contribution in [0.2, 0.25) is 0 Å². The third kappa shape index (κ3) is 5.84. The lowest BCUT2D eigenvalue weighted by molar-refractivity contribution is 0.0499. The number of aliphatic hydroxyl groups is 1. The van der Waals surface area contributed by atoms with E-state index in [-0.39, 0.29) is 5.54 Å². The molecule has 0 aliphatic heterocycles. The van der Waals surface area contributed by atoms with Crippen LogP contribution in [-0.4, -0.2) is 32.6 Å². The Labute approximate surface area is 104 Å². The van der Waals surface area contributed by atoms with Crippen molar-refractivity contribution in [2.75, 3.05) is 6.54 Å². The van der Waals surface area contributed by atoms with Crippen LogP contribution < -0.4 is 5.32 Å². The molecule has 0 radical (unpaired) electrons. The Morgan fingerprint density at radius 1 is 1.35 bits per heavy atom. The zero-order chi connectivity index (χ0) is 13.1. The van der Waals surface area contributed by atoms with Gasteiger partial charge in [0.05, 0.1) is 11.8 Å². The number of nitrogens with one attached hydrogen (secondary N) is 1. The molecule has 17 heavy (non-hydrogen) atoms. The largest absolute Gasteiger partial charge is 0.390 e. The van der Waals surface area contributed by atoms with Gasteiger partial charge in [-0.15, -0.1) is 0 Å². The van der Waals surface area contributed by atoms with Crippen LogP contribution in [0.15, 0.2) is 12.4 Å². The average Bonchev–Trinajstić information content (AvgIpc) is 2.47. The van der Waals surface area contributed by atoms with E-state index in [1.807, 2.05) is 26.4 Å². The van der Waals surface area contributed by atoms with E-state index in [1.54, 1.807) is 4.68 Å². The first-order chi connectivity index (χ1) is 7.68. The summed E-state index contributed by atoms with van der Waals surface area (Å²) in [5.74, 6) is 0. The van der Waals surface area contributed by atoms with Crippen LogP contribution in [0.25, 0.3) is 0 Å². The van der Waals surface area contributed by atoms with Crippen LogP contribution in [0.3, 0.4) is 0 Å². The van der Waals surface area contributed by atoms with E-state index in [9.17, 15) is 5.11 Å². The molecule has 0 spiro atoms. The molecule has 1 atom stereocenters. The lowest BCUT2D eigenvalue weighted by Crippen LogP contribution is -2.40. The van der Waals surface area contributed by atoms with Crippen LogP contribution in [0.5, 0.6) is 0 Å². The quantitative estimate of drug-likeness (QED) is 0.818. The molecule has 4 nitrogen and oxygen atoms in total. The smallest absolute Gasteiger partial charge is 0.0673 e. The second-order valence-electron chi connectivity index (χ2n) is 6.12. The summed E-state index contributed by atoms with van der Waals surface area (Å²) in [6.07, 6.45) is 5.14. The number of aromatic nitrogens is 2. The van der Waals surface area contributed by atoms with E-state index < -0.39 is 5.60 Å². The van der Waals surface area contributed by atoms with Crippen molar-refractivity contribution in [3.05, 3.63) is 18.0 Å². The SMILES string of the molecule is Cn1cc(CC(C)(O)CCNC(C)(C)C)cn1. The highest BCUT2D eigenvalue weighted by atomic mass is 16.3. The molecule has 0 aliphatic carbocycles. The fourth-order valence-corrected chi connectivity index (χ4v) is 1.80. The molecule has 0 aliphatic rings. The Kier molecular flexibility index (Phi) is 4.33. The van der Waals surface area contributed by atoms with Crippen LogP contribution >= 0.6 is 0 Å². The predicted molar refractivity (Wildman–Crippen MR) is 69.9 cm³/mol. The Balaban J connectivity index is 2.41. The highest BCUT2D eigenvalue weighted by Crippen LogP contribution is 2.16. The van der Waals surface area contributed by atoms with Crippen molar-refractivity contribution in [3.63, 3.8) is 0 Å². The van der Waals surface area contributed by atoms with Crippen molar-refractivity contribution in [3.8, 4) is 0 Å². The Bertz CT molecular complexity index is 350. The minimum absolute atomic E-state index is 0.102. The molecule has 2 N–H and O–H groups in total. The van der Waals surface area contributed by atoms with Crippen molar-refractivity contribution in [2.45, 2.75) is 51.7 Å². The van der Waals surface area contributed by atoms with Gasteiger partial charge in [0.25, 0.3) is 0 Å². The summed E-state index contributed by atoms with van der Waals surface area (Å²) >= 11 is 0. The maximum absolute atomic E-state index is 10.3. The molecule has 4 heteroatoms. The summed E-state index contributed by atoms with van der Waals surface area (Å²) in [4.78, 5) is 0. The van der Waals surface area contributed by atoms with E-state index in [1.165, 1.54) is 0 Å². The number of aryl methyl sites for hydroxylation is 1. The molecule has 0 bridgehead atoms. The zero-order valence-electron chi connectivity index (χ0n) is 11.6. The van der Waals surface area contributed by atoms with Gasteiger partial charge in [-0.2, -0.15) is 5.10 Å². The average molecular weight is 239 g/mol. The van der Waals surface area contributed by atoms with Gasteiger partial charge in [0.1, 0.15) is 0 Å². The van der Waals surface area contributed by atoms with Gasteiger partial charge in [-0.1, -0.05) is 0 Å². The predicted octanol–water partition coefficient (Wildman–Crippen LogP) is 1.49. The van der Waals surface area contributed by atoms with E-state index >= 15 is 0 Å². The highest BCUT2D eigenvalue weighted by molar-refractivity contribution is 5.07. The van der Waals surface area contributed by atoms with Gasteiger partial charge in [0.15, 0.2) is 0 Å². The molecule has 1 rings (SSSR count). The Morgan fingerprint density at radius 2 is 2.00 bits per heavy atom. The lowest BCUT2D eigenvalue weighted by atomic mass is 9.94. The molecule has 0 aromatic carbocycles. The minimum atomic E-state index is -0.679. The molecule has 1 unspecified atom stereocenters. The van der Waals surface area contributed by atoms with Gasteiger partial charge in [-0.25, -0.2) is 0 Å². The third-order valence-electron chi connectivity index (χ3n) is 2.66. The molecule has 1 heterocycles. The number of hydrogen-bond acceptors (Lipinski definition) is 3. The van der Waals surface area contributed by atoms with Gasteiger partial charge in [-0.3, -0.25) is 4.68 Å². The Hall–Kier alpha value is -0.870. The van der Waals surface area contributed by atoms with Crippen LogP contribution in [0.1, 0.15) is 39.7 Å². The molecule has 1 aromatic rings. The van der Waals surface area contributed by atoms with E-state index in [0.29, 0.717) is 6.42 Å². The first-order valence-corrected chi connectivity index (χ1v) is 6.13. The number of hydrogen-bond donors (Lipinski definition) is 2. The van der Waals surface area contributed by atoms with Gasteiger partial charge in [-0.05, 0) is 46.2 Å². The summed E-state index contributed by atoms with van der Waals surface area (Å²) in [6, 6.07) is 0. The first-order valence-electron chi connectivity index (χ1n) is 6.13. The first kappa shape index (κ1) is 14.2.